The monoisotopic (exact) mass is 447 g/mol. The normalized spacial score (nSPS) is 21.2. The van der Waals surface area contributed by atoms with Crippen molar-refractivity contribution in [1.29, 1.82) is 0 Å². The number of amides is 3. The molecular weight excluding hydrogens is 418 g/mol. The Bertz CT molecular complexity index is 1000. The van der Waals surface area contributed by atoms with Gasteiger partial charge in [-0.3, -0.25) is 19.2 Å². The van der Waals surface area contributed by atoms with Crippen LogP contribution in [-0.4, -0.2) is 40.5 Å². The third-order valence-corrected chi connectivity index (χ3v) is 6.48. The van der Waals surface area contributed by atoms with Gasteiger partial charge >= 0.3 is 0 Å². The molecule has 2 aromatic rings. The van der Waals surface area contributed by atoms with E-state index in [0.29, 0.717) is 0 Å². The van der Waals surface area contributed by atoms with Gasteiger partial charge < -0.3 is 15.5 Å². The van der Waals surface area contributed by atoms with Crippen molar-refractivity contribution in [1.82, 2.24) is 15.5 Å². The van der Waals surface area contributed by atoms with Crippen molar-refractivity contribution < 1.29 is 19.2 Å². The van der Waals surface area contributed by atoms with Crippen LogP contribution in [0.2, 0.25) is 0 Å². The second kappa shape index (κ2) is 10.4. The smallest absolute Gasteiger partial charge is 0.291 e. The number of benzene rings is 2. The number of Topliss-reactive ketones (excluding diaryl/α,β-unsaturated/α-hetero) is 1. The topological polar surface area (TPSA) is 95.6 Å². The van der Waals surface area contributed by atoms with Crippen molar-refractivity contribution >= 4 is 23.5 Å². The number of hydrogen-bond acceptors (Lipinski definition) is 4. The average molecular weight is 448 g/mol. The van der Waals surface area contributed by atoms with Crippen LogP contribution < -0.4 is 10.6 Å². The Hall–Kier alpha value is -3.48. The summed E-state index contributed by atoms with van der Waals surface area (Å²) in [4.78, 5) is 53.8. The van der Waals surface area contributed by atoms with Crippen LogP contribution in [0.25, 0.3) is 0 Å². The standard InChI is InChI=1S/C26H29N3O4/c30-23-21(24(31)27-16-18-10-4-1-5-11-18)22(25(32)28-17-19-12-6-2-7-13-19)29(26(23)33)20-14-8-3-9-15-20/h1-2,4-7,10-13,20-22H,3,8-9,14-17H2,(H,27,31)(H,28,32)/t21-,22+/m0/s1. The molecule has 4 rings (SSSR count). The molecule has 7 nitrogen and oxygen atoms in total. The predicted octanol–water partition coefficient (Wildman–Crippen LogP) is 2.35. The van der Waals surface area contributed by atoms with Crippen LogP contribution >= 0.6 is 0 Å². The lowest BCUT2D eigenvalue weighted by molar-refractivity contribution is -0.144. The van der Waals surface area contributed by atoms with Crippen molar-refractivity contribution in [2.24, 2.45) is 5.92 Å². The summed E-state index contributed by atoms with van der Waals surface area (Å²) >= 11 is 0. The van der Waals surface area contributed by atoms with E-state index in [4.69, 9.17) is 0 Å². The Balaban J connectivity index is 1.55. The van der Waals surface area contributed by atoms with E-state index >= 15 is 0 Å². The molecule has 3 amide bonds. The summed E-state index contributed by atoms with van der Waals surface area (Å²) in [6.07, 6.45) is 4.41. The van der Waals surface area contributed by atoms with E-state index in [1.165, 1.54) is 4.90 Å². The fourth-order valence-electron chi connectivity index (χ4n) is 4.77. The summed E-state index contributed by atoms with van der Waals surface area (Å²) in [5.41, 5.74) is 1.77. The second-order valence-corrected chi connectivity index (χ2v) is 8.70. The Kier molecular flexibility index (Phi) is 7.17. The van der Waals surface area contributed by atoms with Gasteiger partial charge in [-0.2, -0.15) is 0 Å². The molecule has 2 fully saturated rings. The SMILES string of the molecule is O=C(NCc1ccccc1)[C@@H]1C(=O)C(=O)N(C2CCCCC2)[C@H]1C(=O)NCc1ccccc1. The number of carbonyl (C=O) groups excluding carboxylic acids is 4. The first-order valence-electron chi connectivity index (χ1n) is 11.6. The number of rotatable bonds is 7. The molecule has 1 saturated heterocycles. The quantitative estimate of drug-likeness (QED) is 0.503. The molecule has 7 heteroatoms. The zero-order valence-corrected chi connectivity index (χ0v) is 18.5. The van der Waals surface area contributed by atoms with E-state index in [-0.39, 0.29) is 19.1 Å². The van der Waals surface area contributed by atoms with E-state index in [9.17, 15) is 19.2 Å². The molecule has 0 unspecified atom stereocenters. The number of hydrogen-bond donors (Lipinski definition) is 2. The second-order valence-electron chi connectivity index (χ2n) is 8.70. The molecule has 2 N–H and O–H groups in total. The number of nitrogens with one attached hydrogen (secondary N) is 2. The Labute approximate surface area is 193 Å². The van der Waals surface area contributed by atoms with Crippen LogP contribution in [0.5, 0.6) is 0 Å². The zero-order chi connectivity index (χ0) is 23.2. The van der Waals surface area contributed by atoms with Crippen molar-refractivity contribution in [2.75, 3.05) is 0 Å². The van der Waals surface area contributed by atoms with Gasteiger partial charge in [-0.25, -0.2) is 0 Å². The molecular formula is C26H29N3O4. The average Bonchev–Trinajstić information content (AvgIpc) is 3.13. The van der Waals surface area contributed by atoms with Gasteiger partial charge in [0.15, 0.2) is 0 Å². The maximum Gasteiger partial charge on any atom is 0.291 e. The van der Waals surface area contributed by atoms with Gasteiger partial charge in [0.25, 0.3) is 5.91 Å². The highest BCUT2D eigenvalue weighted by molar-refractivity contribution is 6.44. The molecule has 0 radical (unpaired) electrons. The lowest BCUT2D eigenvalue weighted by Crippen LogP contribution is -2.53. The fraction of sp³-hybridized carbons (Fsp3) is 0.385. The van der Waals surface area contributed by atoms with E-state index in [1.807, 2.05) is 60.7 Å². The molecule has 33 heavy (non-hydrogen) atoms. The number of nitrogens with zero attached hydrogens (tertiary/aromatic N) is 1. The summed E-state index contributed by atoms with van der Waals surface area (Å²) in [6, 6.07) is 17.4. The van der Waals surface area contributed by atoms with E-state index in [2.05, 4.69) is 10.6 Å². The third kappa shape index (κ3) is 5.13. The van der Waals surface area contributed by atoms with Gasteiger partial charge in [-0.05, 0) is 24.0 Å². The van der Waals surface area contributed by atoms with Crippen molar-refractivity contribution in [3.05, 3.63) is 71.8 Å². The van der Waals surface area contributed by atoms with Gasteiger partial charge in [0.1, 0.15) is 12.0 Å². The highest BCUT2D eigenvalue weighted by Gasteiger charge is 2.56. The van der Waals surface area contributed by atoms with Crippen LogP contribution in [0, 0.1) is 5.92 Å². The minimum absolute atomic E-state index is 0.199. The molecule has 1 aliphatic carbocycles. The van der Waals surface area contributed by atoms with Gasteiger partial charge in [-0.1, -0.05) is 79.9 Å². The lowest BCUT2D eigenvalue weighted by atomic mass is 9.92. The summed E-state index contributed by atoms with van der Waals surface area (Å²) in [5, 5.41) is 5.60. The lowest BCUT2D eigenvalue weighted by Gasteiger charge is -2.35. The molecule has 1 aliphatic heterocycles. The van der Waals surface area contributed by atoms with Crippen LogP contribution in [0.15, 0.2) is 60.7 Å². The molecule has 2 atom stereocenters. The molecule has 1 saturated carbocycles. The number of carbonyl (C=O) groups is 4. The van der Waals surface area contributed by atoms with E-state index in [0.717, 1.165) is 43.2 Å². The summed E-state index contributed by atoms with van der Waals surface area (Å²) in [7, 11) is 0. The first-order chi connectivity index (χ1) is 16.1. The van der Waals surface area contributed by atoms with Gasteiger partial charge in [0, 0.05) is 19.1 Å². The van der Waals surface area contributed by atoms with Gasteiger partial charge in [0.2, 0.25) is 17.6 Å². The van der Waals surface area contributed by atoms with Crippen molar-refractivity contribution in [3.8, 4) is 0 Å². The minimum atomic E-state index is -1.35. The summed E-state index contributed by atoms with van der Waals surface area (Å²) in [6.45, 7) is 0.481. The van der Waals surface area contributed by atoms with E-state index < -0.39 is 35.5 Å². The minimum Gasteiger partial charge on any atom is -0.351 e. The maximum absolute atomic E-state index is 13.3. The largest absolute Gasteiger partial charge is 0.351 e. The van der Waals surface area contributed by atoms with Crippen LogP contribution in [0.1, 0.15) is 43.2 Å². The Morgan fingerprint density at radius 1 is 0.758 bits per heavy atom. The number of likely N-dealkylation sites (tertiary alicyclic amines) is 1. The first-order valence-corrected chi connectivity index (χ1v) is 11.6. The summed E-state index contributed by atoms with van der Waals surface area (Å²) < 4.78 is 0. The van der Waals surface area contributed by atoms with Gasteiger partial charge in [0.05, 0.1) is 0 Å². The van der Waals surface area contributed by atoms with Crippen molar-refractivity contribution in [2.45, 2.75) is 57.3 Å². The highest BCUT2D eigenvalue weighted by Crippen LogP contribution is 2.32. The summed E-state index contributed by atoms with van der Waals surface area (Å²) in [5.74, 6) is -3.93. The fourth-order valence-corrected chi connectivity index (χ4v) is 4.77. The molecule has 0 aromatic heterocycles. The van der Waals surface area contributed by atoms with Crippen LogP contribution in [0.3, 0.4) is 0 Å². The highest BCUT2D eigenvalue weighted by atomic mass is 16.2. The molecule has 2 aliphatic rings. The van der Waals surface area contributed by atoms with Crippen LogP contribution in [-0.2, 0) is 32.3 Å². The van der Waals surface area contributed by atoms with Crippen LogP contribution in [0.4, 0.5) is 0 Å². The third-order valence-electron chi connectivity index (χ3n) is 6.48. The van der Waals surface area contributed by atoms with Gasteiger partial charge in [-0.15, -0.1) is 0 Å². The number of ketones is 1. The van der Waals surface area contributed by atoms with Crippen molar-refractivity contribution in [3.63, 3.8) is 0 Å². The van der Waals surface area contributed by atoms with E-state index in [1.54, 1.807) is 0 Å². The molecule has 1 heterocycles. The molecule has 2 aromatic carbocycles. The first kappa shape index (κ1) is 22.7. The maximum atomic E-state index is 13.3. The molecule has 172 valence electrons. The Morgan fingerprint density at radius 2 is 1.27 bits per heavy atom. The molecule has 0 spiro atoms. The molecule has 0 bridgehead atoms. The predicted molar refractivity (Wildman–Crippen MR) is 123 cm³/mol. The zero-order valence-electron chi connectivity index (χ0n) is 18.5. The Morgan fingerprint density at radius 3 is 1.82 bits per heavy atom.